The molecule has 0 radical (unpaired) electrons. The lowest BCUT2D eigenvalue weighted by atomic mass is 10.2. The molecule has 0 aliphatic carbocycles. The average molecular weight is 316 g/mol. The molecule has 1 aliphatic rings. The second kappa shape index (κ2) is 6.54. The number of amides is 1. The molecule has 1 amide bonds. The third-order valence-electron chi connectivity index (χ3n) is 3.20. The lowest BCUT2D eigenvalue weighted by molar-refractivity contribution is -0.116. The average Bonchev–Trinajstić information content (AvgIpc) is 3.00. The van der Waals surface area contributed by atoms with Crippen LogP contribution in [0.4, 0.5) is 0 Å². The molecule has 0 unspecified atom stereocenters. The fourth-order valence-electron chi connectivity index (χ4n) is 2.04. The molecule has 3 rings (SSSR count). The van der Waals surface area contributed by atoms with Crippen LogP contribution in [0.25, 0.3) is 6.08 Å². The van der Waals surface area contributed by atoms with Gasteiger partial charge in [-0.3, -0.25) is 4.79 Å². The molecule has 112 valence electrons. The minimum Gasteiger partial charge on any atom is -0.454 e. The van der Waals surface area contributed by atoms with Crippen molar-refractivity contribution in [3.05, 3.63) is 64.7 Å². The number of fused-ring (bicyclic) bond motifs is 1. The predicted octanol–water partition coefficient (Wildman–Crippen LogP) is 3.40. The Morgan fingerprint density at radius 1 is 1.14 bits per heavy atom. The molecule has 2 aromatic carbocycles. The lowest BCUT2D eigenvalue weighted by Gasteiger charge is -2.02. The molecule has 1 N–H and O–H groups in total. The zero-order valence-electron chi connectivity index (χ0n) is 11.7. The van der Waals surface area contributed by atoms with Crippen LogP contribution in [0.2, 0.25) is 5.02 Å². The Hall–Kier alpha value is -2.46. The van der Waals surface area contributed by atoms with Gasteiger partial charge >= 0.3 is 0 Å². The normalized spacial score (nSPS) is 12.6. The van der Waals surface area contributed by atoms with Crippen molar-refractivity contribution in [3.63, 3.8) is 0 Å². The molecule has 5 heteroatoms. The van der Waals surface area contributed by atoms with Crippen LogP contribution >= 0.6 is 11.6 Å². The van der Waals surface area contributed by atoms with E-state index in [0.29, 0.717) is 17.3 Å². The summed E-state index contributed by atoms with van der Waals surface area (Å²) < 4.78 is 10.5. The number of carbonyl (C=O) groups excluding carboxylic acids is 1. The van der Waals surface area contributed by atoms with Gasteiger partial charge in [-0.05, 0) is 41.5 Å². The van der Waals surface area contributed by atoms with Gasteiger partial charge in [0.05, 0.1) is 0 Å². The number of ether oxygens (including phenoxy) is 2. The minimum absolute atomic E-state index is 0.160. The van der Waals surface area contributed by atoms with Gasteiger partial charge in [0, 0.05) is 17.6 Å². The van der Waals surface area contributed by atoms with E-state index in [1.54, 1.807) is 18.2 Å². The molecule has 0 saturated carbocycles. The predicted molar refractivity (Wildman–Crippen MR) is 84.9 cm³/mol. The molecule has 0 spiro atoms. The van der Waals surface area contributed by atoms with E-state index in [1.807, 2.05) is 30.3 Å². The van der Waals surface area contributed by atoms with Crippen molar-refractivity contribution in [2.24, 2.45) is 0 Å². The number of hydrogen-bond donors (Lipinski definition) is 1. The number of nitrogens with one attached hydrogen (secondary N) is 1. The Kier molecular flexibility index (Phi) is 4.30. The minimum atomic E-state index is -0.160. The van der Waals surface area contributed by atoms with E-state index in [0.717, 1.165) is 16.9 Å². The summed E-state index contributed by atoms with van der Waals surface area (Å²) in [5, 5.41) is 3.49. The second-order valence-corrected chi connectivity index (χ2v) is 5.23. The third kappa shape index (κ3) is 3.59. The standard InChI is InChI=1S/C17H14ClNO3/c18-14-5-1-13(2-6-14)10-19-17(20)8-4-12-3-7-15-16(9-12)22-11-21-15/h1-9H,10-11H2,(H,19,20). The number of hydrogen-bond acceptors (Lipinski definition) is 3. The van der Waals surface area contributed by atoms with Crippen molar-refractivity contribution in [2.75, 3.05) is 6.79 Å². The van der Waals surface area contributed by atoms with Crippen LogP contribution in [-0.4, -0.2) is 12.7 Å². The van der Waals surface area contributed by atoms with Crippen LogP contribution in [0.15, 0.2) is 48.5 Å². The van der Waals surface area contributed by atoms with Crippen LogP contribution in [0.1, 0.15) is 11.1 Å². The Morgan fingerprint density at radius 2 is 1.91 bits per heavy atom. The van der Waals surface area contributed by atoms with E-state index < -0.39 is 0 Å². The SMILES string of the molecule is O=C(C=Cc1ccc2c(c1)OCO2)NCc1ccc(Cl)cc1. The van der Waals surface area contributed by atoms with E-state index in [2.05, 4.69) is 5.32 Å². The fraction of sp³-hybridized carbons (Fsp3) is 0.118. The summed E-state index contributed by atoms with van der Waals surface area (Å²) in [6.45, 7) is 0.700. The molecule has 1 heterocycles. The van der Waals surface area contributed by atoms with E-state index in [4.69, 9.17) is 21.1 Å². The van der Waals surface area contributed by atoms with Crippen LogP contribution < -0.4 is 14.8 Å². The maximum Gasteiger partial charge on any atom is 0.244 e. The summed E-state index contributed by atoms with van der Waals surface area (Å²) in [6, 6.07) is 12.9. The smallest absolute Gasteiger partial charge is 0.244 e. The highest BCUT2D eigenvalue weighted by atomic mass is 35.5. The number of halogens is 1. The summed E-state index contributed by atoms with van der Waals surface area (Å²) >= 11 is 5.81. The van der Waals surface area contributed by atoms with E-state index in [1.165, 1.54) is 6.08 Å². The topological polar surface area (TPSA) is 47.6 Å². The number of rotatable bonds is 4. The monoisotopic (exact) mass is 315 g/mol. The zero-order valence-corrected chi connectivity index (χ0v) is 12.5. The van der Waals surface area contributed by atoms with Gasteiger partial charge < -0.3 is 14.8 Å². The molecule has 0 bridgehead atoms. The largest absolute Gasteiger partial charge is 0.454 e. The van der Waals surface area contributed by atoms with Crippen LogP contribution in [-0.2, 0) is 11.3 Å². The Morgan fingerprint density at radius 3 is 2.73 bits per heavy atom. The van der Waals surface area contributed by atoms with E-state index >= 15 is 0 Å². The molecule has 0 saturated heterocycles. The molecular formula is C17H14ClNO3. The van der Waals surface area contributed by atoms with Gasteiger partial charge in [0.15, 0.2) is 11.5 Å². The van der Waals surface area contributed by atoms with Crippen LogP contribution in [0, 0.1) is 0 Å². The second-order valence-electron chi connectivity index (χ2n) is 4.79. The summed E-state index contributed by atoms with van der Waals surface area (Å²) in [6.07, 6.45) is 3.23. The van der Waals surface area contributed by atoms with Crippen LogP contribution in [0.5, 0.6) is 11.5 Å². The highest BCUT2D eigenvalue weighted by molar-refractivity contribution is 6.30. The van der Waals surface area contributed by atoms with E-state index in [-0.39, 0.29) is 12.7 Å². The molecule has 2 aromatic rings. The summed E-state index contributed by atoms with van der Waals surface area (Å²) in [4.78, 5) is 11.8. The Bertz CT molecular complexity index is 710. The summed E-state index contributed by atoms with van der Waals surface area (Å²) in [7, 11) is 0. The van der Waals surface area contributed by atoms with Gasteiger partial charge in [0.25, 0.3) is 0 Å². The third-order valence-corrected chi connectivity index (χ3v) is 3.46. The summed E-state index contributed by atoms with van der Waals surface area (Å²) in [5.41, 5.74) is 1.88. The Balaban J connectivity index is 1.56. The van der Waals surface area contributed by atoms with Crippen molar-refractivity contribution < 1.29 is 14.3 Å². The van der Waals surface area contributed by atoms with Gasteiger partial charge in [0.1, 0.15) is 0 Å². The van der Waals surface area contributed by atoms with Crippen molar-refractivity contribution in [1.82, 2.24) is 5.32 Å². The highest BCUT2D eigenvalue weighted by Gasteiger charge is 2.12. The Labute approximate surface area is 133 Å². The van der Waals surface area contributed by atoms with Crippen molar-refractivity contribution in [3.8, 4) is 11.5 Å². The van der Waals surface area contributed by atoms with Gasteiger partial charge in [-0.2, -0.15) is 0 Å². The zero-order chi connectivity index (χ0) is 15.4. The van der Waals surface area contributed by atoms with E-state index in [9.17, 15) is 4.79 Å². The van der Waals surface area contributed by atoms with Crippen LogP contribution in [0.3, 0.4) is 0 Å². The number of benzene rings is 2. The maximum atomic E-state index is 11.8. The van der Waals surface area contributed by atoms with Crippen molar-refractivity contribution >= 4 is 23.6 Å². The van der Waals surface area contributed by atoms with Gasteiger partial charge in [0.2, 0.25) is 12.7 Å². The maximum absolute atomic E-state index is 11.8. The quantitative estimate of drug-likeness (QED) is 0.880. The van der Waals surface area contributed by atoms with Gasteiger partial charge in [-0.1, -0.05) is 29.8 Å². The molecule has 4 nitrogen and oxygen atoms in total. The first-order valence-corrected chi connectivity index (χ1v) is 7.18. The highest BCUT2D eigenvalue weighted by Crippen LogP contribution is 2.32. The summed E-state index contributed by atoms with van der Waals surface area (Å²) in [5.74, 6) is 1.26. The fourth-order valence-corrected chi connectivity index (χ4v) is 2.17. The first-order chi connectivity index (χ1) is 10.7. The first kappa shape index (κ1) is 14.5. The van der Waals surface area contributed by atoms with Crippen molar-refractivity contribution in [1.29, 1.82) is 0 Å². The first-order valence-electron chi connectivity index (χ1n) is 6.81. The van der Waals surface area contributed by atoms with Crippen molar-refractivity contribution in [2.45, 2.75) is 6.54 Å². The molecule has 0 atom stereocenters. The lowest BCUT2D eigenvalue weighted by Crippen LogP contribution is -2.20. The molecule has 0 aromatic heterocycles. The molecule has 0 fully saturated rings. The van der Waals surface area contributed by atoms with Gasteiger partial charge in [-0.15, -0.1) is 0 Å². The van der Waals surface area contributed by atoms with Gasteiger partial charge in [-0.25, -0.2) is 0 Å². The molecular weight excluding hydrogens is 302 g/mol. The molecule has 22 heavy (non-hydrogen) atoms. The molecule has 1 aliphatic heterocycles. The number of carbonyl (C=O) groups is 1.